The van der Waals surface area contributed by atoms with Crippen LogP contribution in [-0.2, 0) is 9.59 Å². The summed E-state index contributed by atoms with van der Waals surface area (Å²) < 4.78 is 0.947. The highest BCUT2D eigenvalue weighted by Crippen LogP contribution is 2.28. The topological polar surface area (TPSA) is 71.1 Å². The quantitative estimate of drug-likeness (QED) is 0.696. The molecule has 1 heterocycles. The third kappa shape index (κ3) is 5.32. The molecule has 0 atom stereocenters. The van der Waals surface area contributed by atoms with Crippen molar-refractivity contribution in [3.05, 3.63) is 18.2 Å². The molecule has 0 spiro atoms. The molecule has 2 N–H and O–H groups in total. The highest BCUT2D eigenvalue weighted by atomic mass is 32.1. The number of aromatic nitrogens is 1. The van der Waals surface area contributed by atoms with Gasteiger partial charge in [0.05, 0.1) is 10.2 Å². The molecule has 6 heteroatoms. The highest BCUT2D eigenvalue weighted by molar-refractivity contribution is 7.22. The first-order chi connectivity index (χ1) is 11.1. The highest BCUT2D eigenvalue weighted by Gasteiger charge is 2.09. The van der Waals surface area contributed by atoms with Gasteiger partial charge < -0.3 is 10.6 Å². The lowest BCUT2D eigenvalue weighted by molar-refractivity contribution is -0.117. The maximum absolute atomic E-state index is 11.9. The Balaban J connectivity index is 2.01. The van der Waals surface area contributed by atoms with Gasteiger partial charge in [0.1, 0.15) is 0 Å². The number of amides is 2. The van der Waals surface area contributed by atoms with Crippen LogP contribution in [0, 0.1) is 0 Å². The van der Waals surface area contributed by atoms with E-state index in [4.69, 9.17) is 0 Å². The van der Waals surface area contributed by atoms with E-state index in [1.807, 2.05) is 25.1 Å². The van der Waals surface area contributed by atoms with Crippen LogP contribution in [0.3, 0.4) is 0 Å². The van der Waals surface area contributed by atoms with Crippen LogP contribution >= 0.6 is 11.3 Å². The second kappa shape index (κ2) is 8.62. The molecule has 2 rings (SSSR count). The molecule has 0 aliphatic carbocycles. The van der Waals surface area contributed by atoms with E-state index in [1.165, 1.54) is 11.3 Å². The number of hydrogen-bond donors (Lipinski definition) is 2. The van der Waals surface area contributed by atoms with Crippen LogP contribution in [0.2, 0.25) is 0 Å². The zero-order valence-corrected chi connectivity index (χ0v) is 14.5. The van der Waals surface area contributed by atoms with Crippen molar-refractivity contribution in [3.8, 4) is 0 Å². The lowest BCUT2D eigenvalue weighted by Crippen LogP contribution is -2.10. The number of hydrogen-bond acceptors (Lipinski definition) is 4. The van der Waals surface area contributed by atoms with E-state index < -0.39 is 0 Å². The van der Waals surface area contributed by atoms with Crippen molar-refractivity contribution in [3.63, 3.8) is 0 Å². The number of fused-ring (bicyclic) bond motifs is 1. The third-order valence-corrected chi connectivity index (χ3v) is 4.34. The van der Waals surface area contributed by atoms with Crippen LogP contribution in [0.25, 0.3) is 10.2 Å². The predicted octanol–water partition coefficient (Wildman–Crippen LogP) is 4.55. The van der Waals surface area contributed by atoms with Crippen molar-refractivity contribution in [2.45, 2.75) is 52.4 Å². The third-order valence-electron chi connectivity index (χ3n) is 3.40. The normalized spacial score (nSPS) is 10.7. The van der Waals surface area contributed by atoms with Gasteiger partial charge >= 0.3 is 0 Å². The van der Waals surface area contributed by atoms with Gasteiger partial charge in [-0.3, -0.25) is 9.59 Å². The molecule has 0 fully saturated rings. The number of anilines is 2. The number of carbonyl (C=O) groups is 2. The van der Waals surface area contributed by atoms with Gasteiger partial charge in [0.15, 0.2) is 5.13 Å². The van der Waals surface area contributed by atoms with Gasteiger partial charge in [0, 0.05) is 18.5 Å². The minimum absolute atomic E-state index is 0.0176. The van der Waals surface area contributed by atoms with Crippen LogP contribution in [0.1, 0.15) is 52.4 Å². The summed E-state index contributed by atoms with van der Waals surface area (Å²) in [5.41, 5.74) is 1.60. The number of nitrogens with one attached hydrogen (secondary N) is 2. The van der Waals surface area contributed by atoms with Crippen molar-refractivity contribution in [2.75, 3.05) is 10.6 Å². The molecular formula is C17H23N3O2S. The van der Waals surface area contributed by atoms with Gasteiger partial charge in [-0.1, -0.05) is 38.0 Å². The maximum atomic E-state index is 11.9. The average Bonchev–Trinajstić information content (AvgIpc) is 2.89. The zero-order chi connectivity index (χ0) is 16.7. The van der Waals surface area contributed by atoms with Gasteiger partial charge in [-0.25, -0.2) is 4.98 Å². The Morgan fingerprint density at radius 1 is 1.04 bits per heavy atom. The van der Waals surface area contributed by atoms with E-state index in [0.717, 1.165) is 41.6 Å². The molecule has 124 valence electrons. The number of carbonyl (C=O) groups excluding carboxylic acids is 2. The Bertz CT molecular complexity index is 682. The first kappa shape index (κ1) is 17.4. The van der Waals surface area contributed by atoms with Gasteiger partial charge in [0.25, 0.3) is 0 Å². The molecule has 0 saturated heterocycles. The first-order valence-electron chi connectivity index (χ1n) is 8.12. The summed E-state index contributed by atoms with van der Waals surface area (Å²) in [6.07, 6.45) is 4.94. The van der Waals surface area contributed by atoms with E-state index in [2.05, 4.69) is 22.5 Å². The Hall–Kier alpha value is -1.95. The Labute approximate surface area is 140 Å². The molecular weight excluding hydrogens is 310 g/mol. The monoisotopic (exact) mass is 333 g/mol. The molecule has 23 heavy (non-hydrogen) atoms. The molecule has 5 nitrogen and oxygen atoms in total. The van der Waals surface area contributed by atoms with Crippen molar-refractivity contribution in [1.29, 1.82) is 0 Å². The SMILES string of the molecule is CCCCCC(=O)Nc1ccc2nc(NC(=O)CCC)sc2c1. The molecule has 0 radical (unpaired) electrons. The molecule has 0 bridgehead atoms. The van der Waals surface area contributed by atoms with E-state index in [9.17, 15) is 9.59 Å². The lowest BCUT2D eigenvalue weighted by atomic mass is 10.2. The van der Waals surface area contributed by atoms with Crippen LogP contribution < -0.4 is 10.6 Å². The largest absolute Gasteiger partial charge is 0.326 e. The summed E-state index contributed by atoms with van der Waals surface area (Å²) in [5, 5.41) is 6.33. The van der Waals surface area contributed by atoms with Crippen LogP contribution in [0.5, 0.6) is 0 Å². The van der Waals surface area contributed by atoms with Crippen LogP contribution in [0.15, 0.2) is 18.2 Å². The van der Waals surface area contributed by atoms with Gasteiger partial charge in [-0.15, -0.1) is 0 Å². The average molecular weight is 333 g/mol. The molecule has 0 aliphatic heterocycles. The number of rotatable bonds is 8. The standard InChI is InChI=1S/C17H23N3O2S/c1-3-5-6-8-16(22)18-12-9-10-13-14(11-12)23-17(19-13)20-15(21)7-4-2/h9-11H,3-8H2,1-2H3,(H,18,22)(H,19,20,21). The number of thiazole rings is 1. The van der Waals surface area contributed by atoms with E-state index in [-0.39, 0.29) is 11.8 Å². The lowest BCUT2D eigenvalue weighted by Gasteiger charge is -2.04. The Morgan fingerprint density at radius 3 is 2.57 bits per heavy atom. The minimum Gasteiger partial charge on any atom is -0.326 e. The number of benzene rings is 1. The Kier molecular flexibility index (Phi) is 6.52. The van der Waals surface area contributed by atoms with Crippen LogP contribution in [0.4, 0.5) is 10.8 Å². The van der Waals surface area contributed by atoms with Gasteiger partial charge in [-0.2, -0.15) is 0 Å². The summed E-state index contributed by atoms with van der Waals surface area (Å²) >= 11 is 1.42. The summed E-state index contributed by atoms with van der Waals surface area (Å²) in [6, 6.07) is 5.61. The fraction of sp³-hybridized carbons (Fsp3) is 0.471. The van der Waals surface area contributed by atoms with E-state index >= 15 is 0 Å². The second-order valence-corrected chi connectivity index (χ2v) is 6.54. The van der Waals surface area contributed by atoms with E-state index in [0.29, 0.717) is 18.0 Å². The molecule has 1 aromatic carbocycles. The summed E-state index contributed by atoms with van der Waals surface area (Å²) in [5.74, 6) is 0.0230. The van der Waals surface area contributed by atoms with Gasteiger partial charge in [-0.05, 0) is 31.0 Å². The molecule has 2 aromatic rings. The molecule has 1 aromatic heterocycles. The fourth-order valence-corrected chi connectivity index (χ4v) is 3.15. The number of unbranched alkanes of at least 4 members (excludes halogenated alkanes) is 2. The van der Waals surface area contributed by atoms with E-state index in [1.54, 1.807) is 0 Å². The smallest absolute Gasteiger partial charge is 0.226 e. The summed E-state index contributed by atoms with van der Waals surface area (Å²) in [6.45, 7) is 4.08. The molecule has 0 unspecified atom stereocenters. The minimum atomic E-state index is -0.0176. The van der Waals surface area contributed by atoms with Gasteiger partial charge in [0.2, 0.25) is 11.8 Å². The number of nitrogens with zero attached hydrogens (tertiary/aromatic N) is 1. The summed E-state index contributed by atoms with van der Waals surface area (Å²) in [7, 11) is 0. The van der Waals surface area contributed by atoms with Crippen molar-refractivity contribution in [2.24, 2.45) is 0 Å². The fourth-order valence-electron chi connectivity index (χ4n) is 2.22. The Morgan fingerprint density at radius 2 is 1.83 bits per heavy atom. The molecule has 0 aliphatic rings. The predicted molar refractivity (Wildman–Crippen MR) is 95.9 cm³/mol. The zero-order valence-electron chi connectivity index (χ0n) is 13.6. The van der Waals surface area contributed by atoms with Crippen molar-refractivity contribution >= 4 is 44.2 Å². The van der Waals surface area contributed by atoms with Crippen molar-refractivity contribution in [1.82, 2.24) is 4.98 Å². The maximum Gasteiger partial charge on any atom is 0.226 e. The van der Waals surface area contributed by atoms with Crippen LogP contribution in [-0.4, -0.2) is 16.8 Å². The second-order valence-electron chi connectivity index (χ2n) is 5.50. The summed E-state index contributed by atoms with van der Waals surface area (Å²) in [4.78, 5) is 27.9. The van der Waals surface area contributed by atoms with Crippen molar-refractivity contribution < 1.29 is 9.59 Å². The molecule has 0 saturated carbocycles. The first-order valence-corrected chi connectivity index (χ1v) is 8.94. The molecule has 2 amide bonds.